The summed E-state index contributed by atoms with van der Waals surface area (Å²) in [6.07, 6.45) is 0. The van der Waals surface area contributed by atoms with Gasteiger partial charge in [-0.25, -0.2) is 0 Å². The average Bonchev–Trinajstić information content (AvgIpc) is 1.36. The molecule has 0 aliphatic heterocycles. The van der Waals surface area contributed by atoms with Crippen LogP contribution in [-0.2, 0) is 29.1 Å². The van der Waals surface area contributed by atoms with Gasteiger partial charge in [0.15, 0.2) is 0 Å². The molecule has 0 aromatic rings. The molecule has 0 heterocycles. The first-order chi connectivity index (χ1) is 2.64. The number of carbonyl (C=O) groups is 2. The van der Waals surface area contributed by atoms with E-state index in [2.05, 4.69) is 0 Å². The van der Waals surface area contributed by atoms with Gasteiger partial charge in [-0.1, -0.05) is 0 Å². The summed E-state index contributed by atoms with van der Waals surface area (Å²) < 4.78 is 0. The number of carboxylic acid groups (broad SMARTS) is 2. The van der Waals surface area contributed by atoms with Crippen molar-refractivity contribution in [1.82, 2.24) is 0 Å². The molecular weight excluding hydrogens is 169 g/mol. The first-order valence-corrected chi connectivity index (χ1v) is 1.07. The molecule has 0 aliphatic carbocycles. The largest absolute Gasteiger partial charge is 2.00 e. The van der Waals surface area contributed by atoms with Crippen LogP contribution in [0.15, 0.2) is 0 Å². The van der Waals surface area contributed by atoms with Gasteiger partial charge in [0.2, 0.25) is 0 Å². The third kappa shape index (κ3) is 9.10. The van der Waals surface area contributed by atoms with Crippen LogP contribution < -0.4 is 10.2 Å². The molecule has 42 valence electrons. The summed E-state index contributed by atoms with van der Waals surface area (Å²) in [5.41, 5.74) is 0. The van der Waals surface area contributed by atoms with Crippen molar-refractivity contribution in [3.05, 3.63) is 0 Å². The van der Waals surface area contributed by atoms with E-state index in [0.29, 0.717) is 0 Å². The zero-order chi connectivity index (χ0) is 5.15. The maximum atomic E-state index is 8.93. The molecule has 0 bridgehead atoms. The monoisotopic (exact) mass is 170 g/mol. The fourth-order valence-electron chi connectivity index (χ4n) is 0. The van der Waals surface area contributed by atoms with Gasteiger partial charge < -0.3 is 25.3 Å². The summed E-state index contributed by atoms with van der Waals surface area (Å²) >= 11 is 0. The van der Waals surface area contributed by atoms with E-state index in [4.69, 9.17) is 19.8 Å². The summed E-state index contributed by atoms with van der Waals surface area (Å²) in [7, 11) is 0. The Morgan fingerprint density at radius 2 is 1.12 bits per heavy atom. The average molecular weight is 171 g/mol. The van der Waals surface area contributed by atoms with Crippen LogP contribution >= 0.6 is 0 Å². The van der Waals surface area contributed by atoms with Gasteiger partial charge in [-0.05, 0) is 0 Å². The fourth-order valence-corrected chi connectivity index (χ4v) is 0. The van der Waals surface area contributed by atoms with Gasteiger partial charge in [0.05, 0.1) is 11.9 Å². The molecule has 0 amide bonds. The van der Waals surface area contributed by atoms with E-state index < -0.39 is 11.9 Å². The summed E-state index contributed by atoms with van der Waals surface area (Å²) in [6.45, 7) is 0. The van der Waals surface area contributed by atoms with Crippen LogP contribution in [0.1, 0.15) is 0 Å². The van der Waals surface area contributed by atoms with Crippen molar-refractivity contribution in [3.8, 4) is 0 Å². The van der Waals surface area contributed by atoms with Gasteiger partial charge in [0.1, 0.15) is 0 Å². The molecule has 0 atom stereocenters. The number of hydrogen-bond donors (Lipinski definition) is 0. The van der Waals surface area contributed by atoms with Crippen molar-refractivity contribution in [1.29, 1.82) is 0 Å². The van der Waals surface area contributed by atoms with E-state index in [0.717, 1.165) is 0 Å². The fraction of sp³-hybridized carbons (Fsp3) is 0. The number of aliphatic carboxylic acids is 2. The van der Waals surface area contributed by atoms with Gasteiger partial charge in [-0.3, -0.25) is 0 Å². The normalized spacial score (nSPS) is 5.50. The summed E-state index contributed by atoms with van der Waals surface area (Å²) in [6, 6.07) is 0. The molecule has 0 aliphatic rings. The third-order valence-corrected chi connectivity index (χ3v) is 0.167. The van der Waals surface area contributed by atoms with Gasteiger partial charge in [-0.2, -0.15) is 0 Å². The quantitative estimate of drug-likeness (QED) is 0.271. The van der Waals surface area contributed by atoms with Gasteiger partial charge in [0.25, 0.3) is 0 Å². The molecule has 0 rings (SSSR count). The standard InChI is InChI=1S/C2H2O4.H2O.Zn/c3-1(4)2(5)6;;/h(H,3,4)(H,5,6);1H2;/q;;+2/p-2. The molecule has 0 fully saturated rings. The molecule has 0 aromatic carbocycles. The first kappa shape index (κ1) is 15.6. The minimum absolute atomic E-state index is 0. The zero-order valence-corrected chi connectivity index (χ0v) is 6.81. The smallest absolute Gasteiger partial charge is 0.543 e. The summed E-state index contributed by atoms with van der Waals surface area (Å²) in [4.78, 5) is 17.9. The molecule has 6 heteroatoms. The molecule has 2 N–H and O–H groups in total. The van der Waals surface area contributed by atoms with Crippen LogP contribution in [0, 0.1) is 0 Å². The predicted octanol–water partition coefficient (Wildman–Crippen LogP) is -4.34. The van der Waals surface area contributed by atoms with Crippen LogP contribution in [0.5, 0.6) is 0 Å². The Balaban J connectivity index is -0.000000125. The molecule has 0 spiro atoms. The number of hydrogen-bond acceptors (Lipinski definition) is 4. The molecule has 0 unspecified atom stereocenters. The van der Waals surface area contributed by atoms with Crippen molar-refractivity contribution < 1.29 is 44.8 Å². The van der Waals surface area contributed by atoms with Crippen LogP contribution in [0.25, 0.3) is 0 Å². The first-order valence-electron chi connectivity index (χ1n) is 1.07. The van der Waals surface area contributed by atoms with Crippen LogP contribution in [0.4, 0.5) is 0 Å². The van der Waals surface area contributed by atoms with E-state index in [9.17, 15) is 0 Å². The van der Waals surface area contributed by atoms with Crippen molar-refractivity contribution in [2.75, 3.05) is 0 Å². The van der Waals surface area contributed by atoms with E-state index in [1.54, 1.807) is 0 Å². The predicted molar refractivity (Wildman–Crippen MR) is 13.6 cm³/mol. The van der Waals surface area contributed by atoms with E-state index >= 15 is 0 Å². The molecule has 0 aromatic heterocycles. The molecular formula is C2H2O5Zn. The van der Waals surface area contributed by atoms with E-state index in [1.807, 2.05) is 0 Å². The Labute approximate surface area is 57.4 Å². The SMILES string of the molecule is O.O=C([O-])C(=O)[O-].[Zn+2]. The second-order valence-corrected chi connectivity index (χ2v) is 0.575. The van der Waals surface area contributed by atoms with Crippen molar-refractivity contribution in [2.45, 2.75) is 0 Å². The minimum Gasteiger partial charge on any atom is -0.543 e. The zero-order valence-electron chi connectivity index (χ0n) is 3.84. The Morgan fingerprint density at radius 1 is 1.00 bits per heavy atom. The van der Waals surface area contributed by atoms with Crippen molar-refractivity contribution in [3.63, 3.8) is 0 Å². The Morgan fingerprint density at radius 3 is 1.12 bits per heavy atom. The minimum atomic E-state index is -2.19. The molecule has 0 saturated heterocycles. The van der Waals surface area contributed by atoms with Crippen molar-refractivity contribution >= 4 is 11.9 Å². The third-order valence-electron chi connectivity index (χ3n) is 0.167. The number of rotatable bonds is 0. The molecule has 5 nitrogen and oxygen atoms in total. The Bertz CT molecular complexity index is 76.4. The topological polar surface area (TPSA) is 112 Å². The summed E-state index contributed by atoms with van der Waals surface area (Å²) in [5, 5.41) is 17.9. The Hall–Kier alpha value is -0.477. The van der Waals surface area contributed by atoms with Crippen LogP contribution in [0.2, 0.25) is 0 Å². The van der Waals surface area contributed by atoms with Crippen LogP contribution in [-0.4, -0.2) is 17.4 Å². The second-order valence-electron chi connectivity index (χ2n) is 0.575. The second kappa shape index (κ2) is 6.52. The molecule has 0 saturated carbocycles. The Kier molecular flexibility index (Phi) is 12.8. The number of carboxylic acids is 2. The maximum Gasteiger partial charge on any atom is 2.00 e. The van der Waals surface area contributed by atoms with E-state index in [1.165, 1.54) is 0 Å². The van der Waals surface area contributed by atoms with Gasteiger partial charge in [0, 0.05) is 0 Å². The van der Waals surface area contributed by atoms with Gasteiger partial charge >= 0.3 is 19.5 Å². The summed E-state index contributed by atoms with van der Waals surface area (Å²) in [5.74, 6) is -4.37. The van der Waals surface area contributed by atoms with E-state index in [-0.39, 0.29) is 25.0 Å². The van der Waals surface area contributed by atoms with Crippen LogP contribution in [0.3, 0.4) is 0 Å². The van der Waals surface area contributed by atoms with Gasteiger partial charge in [-0.15, -0.1) is 0 Å². The van der Waals surface area contributed by atoms with Crippen molar-refractivity contribution in [2.24, 2.45) is 0 Å². The molecule has 8 heavy (non-hydrogen) atoms. The maximum absolute atomic E-state index is 8.93. The number of carbonyl (C=O) groups excluding carboxylic acids is 2. The molecule has 0 radical (unpaired) electrons.